The second-order valence-corrected chi connectivity index (χ2v) is 5.36. The van der Waals surface area contributed by atoms with Gasteiger partial charge in [0.25, 0.3) is 0 Å². The molecule has 1 N–H and O–H groups in total. The number of halogens is 1. The summed E-state index contributed by atoms with van der Waals surface area (Å²) in [6.07, 6.45) is 0. The number of hydrogen-bond acceptors (Lipinski definition) is 3. The molecule has 1 aliphatic rings. The van der Waals surface area contributed by atoms with Crippen LogP contribution in [0.25, 0.3) is 0 Å². The summed E-state index contributed by atoms with van der Waals surface area (Å²) in [5, 5.41) is 3.50. The molecule has 19 heavy (non-hydrogen) atoms. The third kappa shape index (κ3) is 3.91. The summed E-state index contributed by atoms with van der Waals surface area (Å²) in [6.45, 7) is 9.50. The molecule has 1 aromatic rings. The van der Waals surface area contributed by atoms with E-state index in [4.69, 9.17) is 4.74 Å². The summed E-state index contributed by atoms with van der Waals surface area (Å²) >= 11 is 0. The minimum Gasteiger partial charge on any atom is -0.491 e. The SMILES string of the molecule is CCOc1ccc(CN2CC(C)NC(C)C2)cc1F. The fourth-order valence-corrected chi connectivity index (χ4v) is 2.74. The Labute approximate surface area is 114 Å². The maximum absolute atomic E-state index is 13.8. The summed E-state index contributed by atoms with van der Waals surface area (Å²) in [6, 6.07) is 6.23. The monoisotopic (exact) mass is 266 g/mol. The van der Waals surface area contributed by atoms with Crippen LogP contribution in [0.1, 0.15) is 26.3 Å². The number of rotatable bonds is 4. The molecule has 1 aromatic carbocycles. The van der Waals surface area contributed by atoms with Gasteiger partial charge in [0.1, 0.15) is 0 Å². The van der Waals surface area contributed by atoms with Crippen LogP contribution >= 0.6 is 0 Å². The molecule has 2 unspecified atom stereocenters. The van der Waals surface area contributed by atoms with E-state index in [1.807, 2.05) is 13.0 Å². The Morgan fingerprint density at radius 1 is 1.32 bits per heavy atom. The number of piperazine rings is 1. The smallest absolute Gasteiger partial charge is 0.165 e. The summed E-state index contributed by atoms with van der Waals surface area (Å²) in [7, 11) is 0. The molecule has 0 saturated carbocycles. The zero-order valence-electron chi connectivity index (χ0n) is 11.9. The number of ether oxygens (including phenoxy) is 1. The predicted molar refractivity (Wildman–Crippen MR) is 74.9 cm³/mol. The average Bonchev–Trinajstić information content (AvgIpc) is 2.31. The van der Waals surface area contributed by atoms with Gasteiger partial charge in [0.2, 0.25) is 0 Å². The van der Waals surface area contributed by atoms with Gasteiger partial charge >= 0.3 is 0 Å². The molecule has 2 atom stereocenters. The Kier molecular flexibility index (Phi) is 4.77. The van der Waals surface area contributed by atoms with Gasteiger partial charge in [-0.3, -0.25) is 4.90 Å². The van der Waals surface area contributed by atoms with Crippen LogP contribution in [0.15, 0.2) is 18.2 Å². The van der Waals surface area contributed by atoms with E-state index in [0.717, 1.165) is 25.2 Å². The summed E-state index contributed by atoms with van der Waals surface area (Å²) in [5.74, 6) is 0.0730. The number of hydrogen-bond donors (Lipinski definition) is 1. The minimum absolute atomic E-state index is 0.268. The Morgan fingerprint density at radius 2 is 2.00 bits per heavy atom. The molecule has 0 amide bonds. The lowest BCUT2D eigenvalue weighted by Gasteiger charge is -2.36. The van der Waals surface area contributed by atoms with Crippen LogP contribution < -0.4 is 10.1 Å². The molecule has 106 valence electrons. The third-order valence-electron chi connectivity index (χ3n) is 3.34. The lowest BCUT2D eigenvalue weighted by atomic mass is 10.1. The quantitative estimate of drug-likeness (QED) is 0.905. The summed E-state index contributed by atoms with van der Waals surface area (Å²) in [4.78, 5) is 2.36. The van der Waals surface area contributed by atoms with Crippen LogP contribution in [0.3, 0.4) is 0 Å². The van der Waals surface area contributed by atoms with Gasteiger partial charge in [0.15, 0.2) is 11.6 Å². The Bertz CT molecular complexity index is 415. The normalized spacial score (nSPS) is 24.4. The van der Waals surface area contributed by atoms with Crippen LogP contribution in [0.5, 0.6) is 5.75 Å². The molecular weight excluding hydrogens is 243 g/mol. The van der Waals surface area contributed by atoms with Crippen LogP contribution in [-0.4, -0.2) is 36.7 Å². The average molecular weight is 266 g/mol. The fraction of sp³-hybridized carbons (Fsp3) is 0.600. The largest absolute Gasteiger partial charge is 0.491 e. The topological polar surface area (TPSA) is 24.5 Å². The molecule has 0 bridgehead atoms. The van der Waals surface area contributed by atoms with Crippen molar-refractivity contribution in [2.45, 2.75) is 39.4 Å². The molecule has 4 heteroatoms. The highest BCUT2D eigenvalue weighted by Gasteiger charge is 2.21. The van der Waals surface area contributed by atoms with E-state index in [2.05, 4.69) is 24.1 Å². The Morgan fingerprint density at radius 3 is 2.58 bits per heavy atom. The first kappa shape index (κ1) is 14.3. The molecule has 0 aromatic heterocycles. The van der Waals surface area contributed by atoms with Crippen LogP contribution in [0, 0.1) is 5.82 Å². The zero-order chi connectivity index (χ0) is 13.8. The van der Waals surface area contributed by atoms with Crippen molar-refractivity contribution < 1.29 is 9.13 Å². The van der Waals surface area contributed by atoms with Crippen LogP contribution in [0.2, 0.25) is 0 Å². The van der Waals surface area contributed by atoms with E-state index in [1.165, 1.54) is 0 Å². The second kappa shape index (κ2) is 6.35. The van der Waals surface area contributed by atoms with E-state index >= 15 is 0 Å². The molecule has 0 spiro atoms. The van der Waals surface area contributed by atoms with Crippen molar-refractivity contribution in [3.63, 3.8) is 0 Å². The summed E-state index contributed by atoms with van der Waals surface area (Å²) in [5.41, 5.74) is 1.00. The molecule has 2 rings (SSSR count). The van der Waals surface area contributed by atoms with Gasteiger partial charge in [-0.05, 0) is 38.5 Å². The molecule has 1 saturated heterocycles. The number of benzene rings is 1. The Balaban J connectivity index is 2.00. The zero-order valence-corrected chi connectivity index (χ0v) is 11.9. The van der Waals surface area contributed by atoms with Gasteiger partial charge in [-0.2, -0.15) is 0 Å². The highest BCUT2D eigenvalue weighted by Crippen LogP contribution is 2.20. The molecule has 0 aliphatic carbocycles. The maximum Gasteiger partial charge on any atom is 0.165 e. The van der Waals surface area contributed by atoms with Gasteiger partial charge in [-0.25, -0.2) is 4.39 Å². The molecule has 1 heterocycles. The lowest BCUT2D eigenvalue weighted by molar-refractivity contribution is 0.166. The van der Waals surface area contributed by atoms with E-state index in [-0.39, 0.29) is 5.82 Å². The Hall–Kier alpha value is -1.13. The first-order valence-corrected chi connectivity index (χ1v) is 6.98. The molecule has 3 nitrogen and oxygen atoms in total. The summed E-state index contributed by atoms with van der Waals surface area (Å²) < 4.78 is 19.0. The highest BCUT2D eigenvalue weighted by molar-refractivity contribution is 5.29. The van der Waals surface area contributed by atoms with Crippen molar-refractivity contribution >= 4 is 0 Å². The minimum atomic E-state index is -0.268. The highest BCUT2D eigenvalue weighted by atomic mass is 19.1. The molecular formula is C15H23FN2O. The van der Waals surface area contributed by atoms with E-state index in [0.29, 0.717) is 24.4 Å². The predicted octanol–water partition coefficient (Wildman–Crippen LogP) is 2.41. The van der Waals surface area contributed by atoms with Gasteiger partial charge in [0.05, 0.1) is 6.61 Å². The maximum atomic E-state index is 13.8. The molecule has 1 fully saturated rings. The number of nitrogens with zero attached hydrogens (tertiary/aromatic N) is 1. The van der Waals surface area contributed by atoms with Gasteiger partial charge in [0, 0.05) is 31.7 Å². The van der Waals surface area contributed by atoms with Crippen LogP contribution in [-0.2, 0) is 6.54 Å². The van der Waals surface area contributed by atoms with Crippen molar-refractivity contribution in [1.82, 2.24) is 10.2 Å². The van der Waals surface area contributed by atoms with Crippen molar-refractivity contribution in [2.75, 3.05) is 19.7 Å². The standard InChI is InChI=1S/C15H23FN2O/c1-4-19-15-6-5-13(7-14(15)16)10-18-8-11(2)17-12(3)9-18/h5-7,11-12,17H,4,8-10H2,1-3H3. The third-order valence-corrected chi connectivity index (χ3v) is 3.34. The van der Waals surface area contributed by atoms with E-state index < -0.39 is 0 Å². The van der Waals surface area contributed by atoms with Gasteiger partial charge < -0.3 is 10.1 Å². The molecule has 0 radical (unpaired) electrons. The van der Waals surface area contributed by atoms with Gasteiger partial charge in [-0.15, -0.1) is 0 Å². The van der Waals surface area contributed by atoms with Crippen molar-refractivity contribution in [3.05, 3.63) is 29.6 Å². The van der Waals surface area contributed by atoms with Crippen molar-refractivity contribution in [2.24, 2.45) is 0 Å². The van der Waals surface area contributed by atoms with Gasteiger partial charge in [-0.1, -0.05) is 6.07 Å². The van der Waals surface area contributed by atoms with Crippen LogP contribution in [0.4, 0.5) is 4.39 Å². The fourth-order valence-electron chi connectivity index (χ4n) is 2.74. The first-order valence-electron chi connectivity index (χ1n) is 6.98. The number of nitrogens with one attached hydrogen (secondary N) is 1. The van der Waals surface area contributed by atoms with Crippen molar-refractivity contribution in [1.29, 1.82) is 0 Å². The lowest BCUT2D eigenvalue weighted by Crippen LogP contribution is -2.53. The second-order valence-electron chi connectivity index (χ2n) is 5.36. The van der Waals surface area contributed by atoms with E-state index in [1.54, 1.807) is 12.1 Å². The molecule has 1 aliphatic heterocycles. The van der Waals surface area contributed by atoms with E-state index in [9.17, 15) is 4.39 Å². The van der Waals surface area contributed by atoms with Crippen molar-refractivity contribution in [3.8, 4) is 5.75 Å². The first-order chi connectivity index (χ1) is 9.08.